The lowest BCUT2D eigenvalue weighted by atomic mass is 9.89. The normalized spacial score (nSPS) is 14.9. The highest BCUT2D eigenvalue weighted by Gasteiger charge is 2.29. The number of carbonyl (C=O) groups excluding carboxylic acids is 3. The molecule has 1 saturated heterocycles. The first-order chi connectivity index (χ1) is 17.3. The summed E-state index contributed by atoms with van der Waals surface area (Å²) < 4.78 is 0. The van der Waals surface area contributed by atoms with Crippen molar-refractivity contribution in [1.82, 2.24) is 25.5 Å². The summed E-state index contributed by atoms with van der Waals surface area (Å²) in [4.78, 5) is 58.3. The number of likely N-dealkylation sites (N-methyl/N-ethyl adjacent to an activating group) is 1. The minimum absolute atomic E-state index is 0.0567. The summed E-state index contributed by atoms with van der Waals surface area (Å²) in [6.07, 6.45) is 3.85. The summed E-state index contributed by atoms with van der Waals surface area (Å²) in [7, 11) is 1.55. The zero-order valence-corrected chi connectivity index (χ0v) is 20.5. The molecule has 1 aliphatic rings. The maximum Gasteiger partial charge on any atom is 0.270 e. The standard InChI is InChI=1S/C27H31N5O4/c1-17-13-24(33)30-21-7-6-19(14-20(17)21)16-25(34)32-11-8-18(9-12-32)15-23(26(35)28-2)31-27(36)22-5-3-4-10-29-22/h3-7,10,13-14,18,23H,8-9,11-12,15-16H2,1-2H3,(H,28,35)(H,30,33)(H,31,36). The Hall–Kier alpha value is -4.01. The molecule has 3 heterocycles. The average Bonchev–Trinajstić information content (AvgIpc) is 2.89. The minimum Gasteiger partial charge on any atom is -0.357 e. The van der Waals surface area contributed by atoms with Crippen molar-refractivity contribution in [3.63, 3.8) is 0 Å². The number of carbonyl (C=O) groups is 3. The maximum absolute atomic E-state index is 13.0. The van der Waals surface area contributed by atoms with Gasteiger partial charge in [0.2, 0.25) is 17.4 Å². The van der Waals surface area contributed by atoms with Crippen LogP contribution in [0.3, 0.4) is 0 Å². The Balaban J connectivity index is 1.33. The summed E-state index contributed by atoms with van der Waals surface area (Å²) in [5.41, 5.74) is 2.67. The Labute approximate surface area is 209 Å². The van der Waals surface area contributed by atoms with Gasteiger partial charge in [-0.25, -0.2) is 0 Å². The van der Waals surface area contributed by atoms with Gasteiger partial charge in [0, 0.05) is 43.3 Å². The average molecular weight is 490 g/mol. The third-order valence-electron chi connectivity index (χ3n) is 6.77. The predicted molar refractivity (Wildman–Crippen MR) is 136 cm³/mol. The summed E-state index contributed by atoms with van der Waals surface area (Å²) in [6, 6.07) is 11.6. The number of fused-ring (bicyclic) bond motifs is 1. The van der Waals surface area contributed by atoms with E-state index in [1.54, 1.807) is 31.3 Å². The van der Waals surface area contributed by atoms with Crippen LogP contribution in [0.2, 0.25) is 0 Å². The third-order valence-corrected chi connectivity index (χ3v) is 6.77. The Morgan fingerprint density at radius 3 is 2.61 bits per heavy atom. The van der Waals surface area contributed by atoms with Crippen molar-refractivity contribution in [2.75, 3.05) is 20.1 Å². The molecular formula is C27H31N5O4. The number of hydrogen-bond donors (Lipinski definition) is 3. The van der Waals surface area contributed by atoms with E-state index < -0.39 is 6.04 Å². The van der Waals surface area contributed by atoms with Crippen molar-refractivity contribution in [1.29, 1.82) is 0 Å². The molecule has 9 heteroatoms. The highest BCUT2D eigenvalue weighted by Crippen LogP contribution is 2.24. The van der Waals surface area contributed by atoms with Crippen molar-refractivity contribution in [3.8, 4) is 0 Å². The Kier molecular flexibility index (Phi) is 7.77. The van der Waals surface area contributed by atoms with Gasteiger partial charge in [0.1, 0.15) is 11.7 Å². The summed E-state index contributed by atoms with van der Waals surface area (Å²) in [5.74, 6) is -0.362. The molecule has 1 unspecified atom stereocenters. The Morgan fingerprint density at radius 1 is 1.14 bits per heavy atom. The van der Waals surface area contributed by atoms with Crippen LogP contribution in [0, 0.1) is 12.8 Å². The van der Waals surface area contributed by atoms with Gasteiger partial charge in [0.25, 0.3) is 5.91 Å². The minimum atomic E-state index is -0.663. The number of aromatic nitrogens is 2. The molecular weight excluding hydrogens is 458 g/mol. The van der Waals surface area contributed by atoms with E-state index in [1.807, 2.05) is 30.0 Å². The fourth-order valence-corrected chi connectivity index (χ4v) is 4.75. The number of likely N-dealkylation sites (tertiary alicyclic amines) is 1. The van der Waals surface area contributed by atoms with Crippen LogP contribution < -0.4 is 16.2 Å². The molecule has 0 aliphatic carbocycles. The van der Waals surface area contributed by atoms with Gasteiger partial charge in [-0.15, -0.1) is 0 Å². The van der Waals surface area contributed by atoms with Crippen molar-refractivity contribution >= 4 is 28.6 Å². The number of pyridine rings is 2. The third kappa shape index (κ3) is 5.97. The number of benzene rings is 1. The predicted octanol–water partition coefficient (Wildman–Crippen LogP) is 1.95. The van der Waals surface area contributed by atoms with Crippen LogP contribution in [-0.2, 0) is 16.0 Å². The molecule has 0 radical (unpaired) electrons. The zero-order chi connectivity index (χ0) is 25.7. The molecule has 3 amide bonds. The second-order valence-corrected chi connectivity index (χ2v) is 9.29. The molecule has 9 nitrogen and oxygen atoms in total. The smallest absolute Gasteiger partial charge is 0.270 e. The number of aromatic amines is 1. The molecule has 4 rings (SSSR count). The molecule has 3 N–H and O–H groups in total. The van der Waals surface area contributed by atoms with Crippen molar-refractivity contribution < 1.29 is 14.4 Å². The molecule has 3 aromatic rings. The van der Waals surface area contributed by atoms with Gasteiger partial charge >= 0.3 is 0 Å². The Bertz CT molecular complexity index is 1310. The van der Waals surface area contributed by atoms with Crippen LogP contribution in [0.1, 0.15) is 40.9 Å². The number of H-pyrrole nitrogens is 1. The van der Waals surface area contributed by atoms with E-state index in [2.05, 4.69) is 20.6 Å². The van der Waals surface area contributed by atoms with Gasteiger partial charge in [-0.05, 0) is 67.5 Å². The van der Waals surface area contributed by atoms with Gasteiger partial charge in [0.05, 0.1) is 6.42 Å². The molecule has 0 spiro atoms. The van der Waals surface area contributed by atoms with Crippen LogP contribution in [0.25, 0.3) is 10.9 Å². The lowest BCUT2D eigenvalue weighted by Gasteiger charge is -2.33. The SMILES string of the molecule is CNC(=O)C(CC1CCN(C(=O)Cc2ccc3[nH]c(=O)cc(C)c3c2)CC1)NC(=O)c1ccccn1. The van der Waals surface area contributed by atoms with Gasteiger partial charge in [0.15, 0.2) is 0 Å². The quantitative estimate of drug-likeness (QED) is 0.468. The topological polar surface area (TPSA) is 124 Å². The molecule has 0 saturated carbocycles. The molecule has 2 aromatic heterocycles. The highest BCUT2D eigenvalue weighted by molar-refractivity contribution is 5.96. The number of rotatable bonds is 7. The number of piperidine rings is 1. The lowest BCUT2D eigenvalue weighted by Crippen LogP contribution is -2.48. The molecule has 1 atom stereocenters. The molecule has 188 valence electrons. The van der Waals surface area contributed by atoms with Crippen molar-refractivity contribution in [2.45, 2.75) is 38.6 Å². The monoisotopic (exact) mass is 489 g/mol. The number of nitrogens with zero attached hydrogens (tertiary/aromatic N) is 2. The molecule has 0 bridgehead atoms. The van der Waals surface area contributed by atoms with Gasteiger partial charge in [-0.1, -0.05) is 12.1 Å². The fourth-order valence-electron chi connectivity index (χ4n) is 4.75. The number of hydrogen-bond acceptors (Lipinski definition) is 5. The largest absolute Gasteiger partial charge is 0.357 e. The first kappa shape index (κ1) is 25.1. The van der Waals surface area contributed by atoms with Gasteiger partial charge < -0.3 is 20.5 Å². The van der Waals surface area contributed by atoms with Gasteiger partial charge in [-0.2, -0.15) is 0 Å². The van der Waals surface area contributed by atoms with Crippen LogP contribution in [0.15, 0.2) is 53.5 Å². The van der Waals surface area contributed by atoms with Crippen molar-refractivity contribution in [3.05, 3.63) is 75.8 Å². The van der Waals surface area contributed by atoms with E-state index in [0.717, 1.165) is 34.9 Å². The van der Waals surface area contributed by atoms with E-state index in [0.29, 0.717) is 25.9 Å². The number of aryl methyl sites for hydroxylation is 1. The van der Waals surface area contributed by atoms with Crippen LogP contribution in [0.4, 0.5) is 0 Å². The first-order valence-electron chi connectivity index (χ1n) is 12.2. The van der Waals surface area contributed by atoms with Crippen LogP contribution in [-0.4, -0.2) is 58.8 Å². The fraction of sp³-hybridized carbons (Fsp3) is 0.370. The zero-order valence-electron chi connectivity index (χ0n) is 20.5. The molecule has 1 fully saturated rings. The summed E-state index contributed by atoms with van der Waals surface area (Å²) in [5, 5.41) is 6.37. The van der Waals surface area contributed by atoms with Crippen LogP contribution >= 0.6 is 0 Å². The van der Waals surface area contributed by atoms with Crippen molar-refractivity contribution in [2.24, 2.45) is 5.92 Å². The van der Waals surface area contributed by atoms with E-state index in [4.69, 9.17) is 0 Å². The second-order valence-electron chi connectivity index (χ2n) is 9.29. The summed E-state index contributed by atoms with van der Waals surface area (Å²) >= 11 is 0. The van der Waals surface area contributed by atoms with E-state index in [-0.39, 0.29) is 34.9 Å². The molecule has 36 heavy (non-hydrogen) atoms. The first-order valence-corrected chi connectivity index (χ1v) is 12.2. The highest BCUT2D eigenvalue weighted by atomic mass is 16.2. The van der Waals surface area contributed by atoms with E-state index in [9.17, 15) is 19.2 Å². The summed E-state index contributed by atoms with van der Waals surface area (Å²) in [6.45, 7) is 3.11. The Morgan fingerprint density at radius 2 is 1.92 bits per heavy atom. The molecule has 1 aliphatic heterocycles. The van der Waals surface area contributed by atoms with E-state index >= 15 is 0 Å². The number of amides is 3. The molecule has 1 aromatic carbocycles. The van der Waals surface area contributed by atoms with Crippen LogP contribution in [0.5, 0.6) is 0 Å². The van der Waals surface area contributed by atoms with E-state index in [1.165, 1.54) is 6.20 Å². The van der Waals surface area contributed by atoms with Gasteiger partial charge in [-0.3, -0.25) is 24.2 Å². The lowest BCUT2D eigenvalue weighted by molar-refractivity contribution is -0.132. The number of nitrogens with one attached hydrogen (secondary N) is 3. The second kappa shape index (κ2) is 11.2. The maximum atomic E-state index is 13.0.